The van der Waals surface area contributed by atoms with Gasteiger partial charge in [0.2, 0.25) is 0 Å². The highest BCUT2D eigenvalue weighted by Gasteiger charge is 2.22. The van der Waals surface area contributed by atoms with Gasteiger partial charge in [0.15, 0.2) is 0 Å². The smallest absolute Gasteiger partial charge is 0.328 e. The largest absolute Gasteiger partial charge is 0.490 e. The second-order valence-corrected chi connectivity index (χ2v) is 5.89. The molecule has 0 amide bonds. The van der Waals surface area contributed by atoms with Crippen LogP contribution < -0.4 is 4.74 Å². The van der Waals surface area contributed by atoms with E-state index in [0.29, 0.717) is 0 Å². The fourth-order valence-corrected chi connectivity index (χ4v) is 2.97. The third-order valence-electron chi connectivity index (χ3n) is 4.18. The highest BCUT2D eigenvalue weighted by Crippen LogP contribution is 2.31. The Hall–Kier alpha value is -1.77. The van der Waals surface area contributed by atoms with Crippen molar-refractivity contribution in [3.8, 4) is 5.75 Å². The fourth-order valence-electron chi connectivity index (χ4n) is 2.97. The van der Waals surface area contributed by atoms with Crippen LogP contribution in [0, 0.1) is 12.8 Å². The average Bonchev–Trinajstić information content (AvgIpc) is 2.47. The number of benzene rings is 1. The summed E-state index contributed by atoms with van der Waals surface area (Å²) in [6.45, 7) is 4.23. The van der Waals surface area contributed by atoms with Crippen molar-refractivity contribution in [1.29, 1.82) is 0 Å². The van der Waals surface area contributed by atoms with Crippen LogP contribution in [-0.2, 0) is 4.79 Å². The predicted octanol–water partition coefficient (Wildman–Crippen LogP) is 4.44. The Balaban J connectivity index is 2.13. The van der Waals surface area contributed by atoms with E-state index in [1.165, 1.54) is 19.3 Å². The van der Waals surface area contributed by atoms with Crippen LogP contribution in [0.2, 0.25) is 0 Å². The lowest BCUT2D eigenvalue weighted by Gasteiger charge is -2.29. The molecule has 0 spiro atoms. The van der Waals surface area contributed by atoms with Crippen molar-refractivity contribution in [2.24, 2.45) is 5.92 Å². The molecule has 1 aliphatic rings. The summed E-state index contributed by atoms with van der Waals surface area (Å²) in [4.78, 5) is 10.7. The average molecular weight is 288 g/mol. The summed E-state index contributed by atoms with van der Waals surface area (Å²) in [6, 6.07) is 5.93. The second kappa shape index (κ2) is 7.30. The van der Waals surface area contributed by atoms with Crippen molar-refractivity contribution in [3.05, 3.63) is 35.4 Å². The molecular formula is C18H24O3. The molecule has 0 aromatic heterocycles. The van der Waals surface area contributed by atoms with E-state index in [4.69, 9.17) is 9.84 Å². The minimum absolute atomic E-state index is 0.253. The molecule has 0 saturated heterocycles. The van der Waals surface area contributed by atoms with Gasteiger partial charge in [0.05, 0.1) is 6.10 Å². The predicted molar refractivity (Wildman–Crippen MR) is 84.5 cm³/mol. The summed E-state index contributed by atoms with van der Waals surface area (Å²) in [7, 11) is 0. The van der Waals surface area contributed by atoms with E-state index >= 15 is 0 Å². The van der Waals surface area contributed by atoms with Crippen LogP contribution in [0.3, 0.4) is 0 Å². The highest BCUT2D eigenvalue weighted by molar-refractivity contribution is 5.86. The molecule has 114 valence electrons. The molecule has 3 heteroatoms. The molecule has 0 heterocycles. The van der Waals surface area contributed by atoms with Crippen LogP contribution in [0.1, 0.15) is 50.2 Å². The number of ether oxygens (including phenoxy) is 1. The number of hydrogen-bond acceptors (Lipinski definition) is 2. The van der Waals surface area contributed by atoms with Gasteiger partial charge in [-0.1, -0.05) is 31.4 Å². The zero-order valence-corrected chi connectivity index (χ0v) is 12.8. The zero-order chi connectivity index (χ0) is 15.2. The highest BCUT2D eigenvalue weighted by atomic mass is 16.5. The van der Waals surface area contributed by atoms with Crippen molar-refractivity contribution in [2.45, 2.75) is 52.1 Å². The summed E-state index contributed by atoms with van der Waals surface area (Å²) < 4.78 is 6.16. The van der Waals surface area contributed by atoms with Gasteiger partial charge < -0.3 is 9.84 Å². The molecule has 3 nitrogen and oxygen atoms in total. The van der Waals surface area contributed by atoms with E-state index < -0.39 is 5.97 Å². The van der Waals surface area contributed by atoms with Crippen molar-refractivity contribution in [2.75, 3.05) is 0 Å². The van der Waals surface area contributed by atoms with Crippen LogP contribution >= 0.6 is 0 Å². The Labute approximate surface area is 126 Å². The normalized spacial score (nSPS) is 22.4. The molecule has 1 aliphatic carbocycles. The van der Waals surface area contributed by atoms with Gasteiger partial charge in [-0.2, -0.15) is 0 Å². The Bertz CT molecular complexity index is 519. The quantitative estimate of drug-likeness (QED) is 0.815. The molecule has 1 aromatic carbocycles. The molecule has 2 unspecified atom stereocenters. The van der Waals surface area contributed by atoms with Gasteiger partial charge in [-0.3, -0.25) is 0 Å². The van der Waals surface area contributed by atoms with Crippen molar-refractivity contribution in [3.63, 3.8) is 0 Å². The Morgan fingerprint density at radius 2 is 2.24 bits per heavy atom. The number of aryl methyl sites for hydroxylation is 1. The van der Waals surface area contributed by atoms with Crippen molar-refractivity contribution < 1.29 is 14.6 Å². The standard InChI is InChI=1S/C18H24O3/c1-3-14-5-4-6-16(12-14)21-17-9-7-13(2)11-15(17)8-10-18(19)20/h7-11,14,16H,3-6,12H2,1-2H3,(H,19,20). The Morgan fingerprint density at radius 3 is 2.95 bits per heavy atom. The third kappa shape index (κ3) is 4.62. The van der Waals surface area contributed by atoms with Crippen LogP contribution in [0.5, 0.6) is 5.75 Å². The van der Waals surface area contributed by atoms with Crippen molar-refractivity contribution >= 4 is 12.0 Å². The van der Waals surface area contributed by atoms with Crippen LogP contribution in [-0.4, -0.2) is 17.2 Å². The number of carbonyl (C=O) groups is 1. The molecule has 1 N–H and O–H groups in total. The lowest BCUT2D eigenvalue weighted by molar-refractivity contribution is -0.131. The van der Waals surface area contributed by atoms with Crippen LogP contribution in [0.15, 0.2) is 24.3 Å². The Kier molecular flexibility index (Phi) is 5.43. The van der Waals surface area contributed by atoms with Crippen LogP contribution in [0.25, 0.3) is 6.08 Å². The number of rotatable bonds is 5. The monoisotopic (exact) mass is 288 g/mol. The number of carboxylic acid groups (broad SMARTS) is 1. The molecule has 0 aliphatic heterocycles. The lowest BCUT2D eigenvalue weighted by Crippen LogP contribution is -2.25. The second-order valence-electron chi connectivity index (χ2n) is 5.89. The summed E-state index contributed by atoms with van der Waals surface area (Å²) in [5.74, 6) is 0.609. The van der Waals surface area contributed by atoms with E-state index in [2.05, 4.69) is 6.92 Å². The molecular weight excluding hydrogens is 264 g/mol. The first kappa shape index (κ1) is 15.6. The summed E-state index contributed by atoms with van der Waals surface area (Å²) in [5.41, 5.74) is 1.94. The van der Waals surface area contributed by atoms with Gasteiger partial charge in [0.25, 0.3) is 0 Å². The number of aliphatic carboxylic acids is 1. The first-order chi connectivity index (χ1) is 10.1. The van der Waals surface area contributed by atoms with Gasteiger partial charge in [-0.15, -0.1) is 0 Å². The van der Waals surface area contributed by atoms with Gasteiger partial charge in [0, 0.05) is 11.6 Å². The van der Waals surface area contributed by atoms with Gasteiger partial charge >= 0.3 is 5.97 Å². The van der Waals surface area contributed by atoms with Gasteiger partial charge in [-0.05, 0) is 50.3 Å². The van der Waals surface area contributed by atoms with E-state index in [1.54, 1.807) is 6.08 Å². The molecule has 1 aromatic rings. The van der Waals surface area contributed by atoms with Gasteiger partial charge in [0.1, 0.15) is 5.75 Å². The lowest BCUT2D eigenvalue weighted by atomic mass is 9.85. The minimum Gasteiger partial charge on any atom is -0.490 e. The SMILES string of the molecule is CCC1CCCC(Oc2ccc(C)cc2C=CC(=O)O)C1. The fraction of sp³-hybridized carbons (Fsp3) is 0.500. The van der Waals surface area contributed by atoms with E-state index in [-0.39, 0.29) is 6.10 Å². The Morgan fingerprint density at radius 1 is 1.43 bits per heavy atom. The number of hydrogen-bond donors (Lipinski definition) is 1. The van der Waals surface area contributed by atoms with E-state index in [1.807, 2.05) is 25.1 Å². The third-order valence-corrected chi connectivity index (χ3v) is 4.18. The molecule has 21 heavy (non-hydrogen) atoms. The van der Waals surface area contributed by atoms with Crippen molar-refractivity contribution in [1.82, 2.24) is 0 Å². The van der Waals surface area contributed by atoms with Crippen LogP contribution in [0.4, 0.5) is 0 Å². The zero-order valence-electron chi connectivity index (χ0n) is 12.8. The topological polar surface area (TPSA) is 46.5 Å². The molecule has 1 saturated carbocycles. The van der Waals surface area contributed by atoms with E-state index in [0.717, 1.165) is 41.7 Å². The maximum Gasteiger partial charge on any atom is 0.328 e. The summed E-state index contributed by atoms with van der Waals surface area (Å²) in [5, 5.41) is 8.80. The maximum absolute atomic E-state index is 10.7. The molecule has 2 atom stereocenters. The molecule has 2 rings (SSSR count). The first-order valence-electron chi connectivity index (χ1n) is 7.76. The summed E-state index contributed by atoms with van der Waals surface area (Å²) in [6.07, 6.45) is 8.95. The van der Waals surface area contributed by atoms with E-state index in [9.17, 15) is 4.79 Å². The molecule has 1 fully saturated rings. The maximum atomic E-state index is 10.7. The summed E-state index contributed by atoms with van der Waals surface area (Å²) >= 11 is 0. The molecule has 0 bridgehead atoms. The first-order valence-corrected chi connectivity index (χ1v) is 7.76. The minimum atomic E-state index is -0.939. The molecule has 0 radical (unpaired) electrons. The number of carboxylic acids is 1. The van der Waals surface area contributed by atoms with Gasteiger partial charge in [-0.25, -0.2) is 4.79 Å².